The average molecular weight is 613 g/mol. The van der Waals surface area contributed by atoms with Gasteiger partial charge in [-0.1, -0.05) is 23.7 Å². The van der Waals surface area contributed by atoms with Gasteiger partial charge in [0.1, 0.15) is 10.7 Å². The molecule has 0 saturated carbocycles. The molecule has 9 heteroatoms. The van der Waals surface area contributed by atoms with Gasteiger partial charge in [0.15, 0.2) is 0 Å². The van der Waals surface area contributed by atoms with E-state index in [1.54, 1.807) is 38.3 Å². The van der Waals surface area contributed by atoms with Crippen molar-refractivity contribution in [3.05, 3.63) is 88.8 Å². The van der Waals surface area contributed by atoms with E-state index in [0.717, 1.165) is 71.0 Å². The van der Waals surface area contributed by atoms with Crippen LogP contribution in [0, 0.1) is 13.8 Å². The Labute approximate surface area is 259 Å². The molecule has 0 amide bonds. The number of aromatic nitrogens is 4. The molecule has 0 aliphatic heterocycles. The highest BCUT2D eigenvalue weighted by Gasteiger charge is 2.20. The summed E-state index contributed by atoms with van der Waals surface area (Å²) in [6.07, 6.45) is 3.58. The van der Waals surface area contributed by atoms with E-state index in [9.17, 15) is 9.90 Å². The maximum Gasteiger partial charge on any atom is 0.307 e. The van der Waals surface area contributed by atoms with Crippen LogP contribution >= 0.6 is 22.9 Å². The smallest absolute Gasteiger partial charge is 0.307 e. The van der Waals surface area contributed by atoms with Crippen LogP contribution in [0.15, 0.2) is 67.0 Å². The Bertz CT molecular complexity index is 1960. The summed E-state index contributed by atoms with van der Waals surface area (Å²) in [4.78, 5) is 26.0. The summed E-state index contributed by atoms with van der Waals surface area (Å²) in [5, 5.41) is 20.7. The predicted molar refractivity (Wildman–Crippen MR) is 176 cm³/mol. The number of halogens is 1. The number of aryl methyl sites for hydroxylation is 3. The van der Waals surface area contributed by atoms with E-state index in [1.165, 1.54) is 0 Å². The molecule has 0 bridgehead atoms. The lowest BCUT2D eigenvalue weighted by atomic mass is 9.93. The third-order valence-corrected chi connectivity index (χ3v) is 8.27. The summed E-state index contributed by atoms with van der Waals surface area (Å²) in [5.74, 6) is -0.870. The molecule has 0 radical (unpaired) electrons. The van der Waals surface area contributed by atoms with Crippen LogP contribution < -0.4 is 0 Å². The largest absolute Gasteiger partial charge is 0.481 e. The summed E-state index contributed by atoms with van der Waals surface area (Å²) < 4.78 is 3.02. The van der Waals surface area contributed by atoms with E-state index in [4.69, 9.17) is 21.7 Å². The van der Waals surface area contributed by atoms with Crippen LogP contribution in [0.2, 0.25) is 5.02 Å². The Morgan fingerprint density at radius 1 is 0.977 bits per heavy atom. The third kappa shape index (κ3) is 6.77. The van der Waals surface area contributed by atoms with Gasteiger partial charge >= 0.3 is 5.97 Å². The summed E-state index contributed by atoms with van der Waals surface area (Å²) >= 11 is 7.70. The molecule has 6 aromatic rings. The summed E-state index contributed by atoms with van der Waals surface area (Å²) in [6, 6.07) is 17.7. The Kier molecular flexibility index (Phi) is 8.38. The first-order chi connectivity index (χ1) is 20.3. The van der Waals surface area contributed by atoms with Crippen molar-refractivity contribution in [1.82, 2.24) is 19.5 Å². The first kappa shape index (κ1) is 30.4. The number of aliphatic carboxylic acids is 1. The van der Waals surface area contributed by atoms with Crippen molar-refractivity contribution in [2.45, 2.75) is 46.6 Å². The van der Waals surface area contributed by atoms with Gasteiger partial charge in [0.25, 0.3) is 0 Å². The highest BCUT2D eigenvalue weighted by atomic mass is 35.5. The number of carbonyl (C=O) groups is 1. The topological polar surface area (TPSA) is 101 Å². The lowest BCUT2D eigenvalue weighted by Crippen LogP contribution is -2.10. The maximum absolute atomic E-state index is 11.7. The van der Waals surface area contributed by atoms with Crippen molar-refractivity contribution in [2.75, 3.05) is 0 Å². The van der Waals surface area contributed by atoms with Crippen LogP contribution in [0.3, 0.4) is 0 Å². The molecule has 0 fully saturated rings. The fourth-order valence-electron chi connectivity index (χ4n) is 4.87. The number of carboxylic acids is 1. The van der Waals surface area contributed by atoms with Crippen LogP contribution in [0.5, 0.6) is 0 Å². The van der Waals surface area contributed by atoms with Gasteiger partial charge in [0.2, 0.25) is 0 Å². The van der Waals surface area contributed by atoms with E-state index in [-0.39, 0.29) is 6.42 Å². The number of pyridine rings is 2. The minimum Gasteiger partial charge on any atom is -0.481 e. The molecular weight excluding hydrogens is 580 g/mol. The standard InChI is InChI=1S/C30H23ClN4O2S.C4H10O/c1-16-10-25-28(27(23(16)14-26(36)37)18-4-6-22(31)7-5-18)38-30(34-25)19-8-9-32-24(13-19)21-12-20-11-17(2)35(3)29(20)33-15-21;1-4(2,3)5/h4-13,15H,14H2,1-3H3,(H,36,37);5H,1-3H3. The number of thiazole rings is 1. The Morgan fingerprint density at radius 3 is 2.35 bits per heavy atom. The number of nitrogens with zero attached hydrogens (tertiary/aromatic N) is 4. The van der Waals surface area contributed by atoms with Crippen molar-refractivity contribution in [2.24, 2.45) is 7.05 Å². The molecule has 7 nitrogen and oxygen atoms in total. The van der Waals surface area contributed by atoms with Crippen LogP contribution in [0.25, 0.3) is 54.2 Å². The average Bonchev–Trinajstić information content (AvgIpc) is 3.48. The number of carboxylic acid groups (broad SMARTS) is 1. The minimum absolute atomic E-state index is 0.0686. The summed E-state index contributed by atoms with van der Waals surface area (Å²) in [5.41, 5.74) is 8.62. The molecule has 6 rings (SSSR count). The number of rotatable bonds is 5. The Hall–Kier alpha value is -4.11. The van der Waals surface area contributed by atoms with Crippen molar-refractivity contribution in [3.63, 3.8) is 0 Å². The monoisotopic (exact) mass is 612 g/mol. The maximum atomic E-state index is 11.7. The zero-order valence-corrected chi connectivity index (χ0v) is 26.5. The first-order valence-corrected chi connectivity index (χ1v) is 15.0. The van der Waals surface area contributed by atoms with E-state index in [0.29, 0.717) is 5.02 Å². The van der Waals surface area contributed by atoms with E-state index in [1.807, 2.05) is 62.6 Å². The highest BCUT2D eigenvalue weighted by Crippen LogP contribution is 2.41. The molecule has 2 aromatic carbocycles. The fraction of sp³-hybridized carbons (Fsp3) is 0.235. The molecule has 0 spiro atoms. The number of aliphatic hydroxyl groups is 1. The van der Waals surface area contributed by atoms with Crippen LogP contribution in [-0.2, 0) is 18.3 Å². The second-order valence-corrected chi connectivity index (χ2v) is 13.0. The lowest BCUT2D eigenvalue weighted by molar-refractivity contribution is -0.136. The molecule has 0 unspecified atom stereocenters. The zero-order valence-electron chi connectivity index (χ0n) is 24.9. The van der Waals surface area contributed by atoms with Gasteiger partial charge in [0.05, 0.1) is 27.9 Å². The molecule has 43 heavy (non-hydrogen) atoms. The van der Waals surface area contributed by atoms with Crippen molar-refractivity contribution < 1.29 is 15.0 Å². The molecule has 4 heterocycles. The first-order valence-electron chi connectivity index (χ1n) is 13.8. The normalized spacial score (nSPS) is 11.5. The Balaban J connectivity index is 0.000000682. The number of fused-ring (bicyclic) bond motifs is 2. The SMILES string of the molecule is CC(C)(C)O.Cc1cc2nc(-c3ccnc(-c4cnc5c(c4)cc(C)n5C)c3)sc2c(-c2ccc(Cl)cc2)c1CC(=O)O. The number of hydrogen-bond acceptors (Lipinski definition) is 6. The van der Waals surface area contributed by atoms with Gasteiger partial charge in [-0.2, -0.15) is 0 Å². The molecular formula is C34H33ClN4O3S. The molecule has 0 atom stereocenters. The second kappa shape index (κ2) is 11.9. The van der Waals surface area contributed by atoms with Gasteiger partial charge in [0, 0.05) is 52.2 Å². The van der Waals surface area contributed by atoms with E-state index < -0.39 is 11.6 Å². The predicted octanol–water partition coefficient (Wildman–Crippen LogP) is 8.25. The Morgan fingerprint density at radius 2 is 1.67 bits per heavy atom. The van der Waals surface area contributed by atoms with Crippen LogP contribution in [-0.4, -0.2) is 41.3 Å². The molecule has 0 saturated heterocycles. The number of hydrogen-bond donors (Lipinski definition) is 2. The summed E-state index contributed by atoms with van der Waals surface area (Å²) in [7, 11) is 2.01. The summed E-state index contributed by atoms with van der Waals surface area (Å²) in [6.45, 7) is 9.23. The number of benzene rings is 2. The molecule has 0 aliphatic carbocycles. The zero-order chi connectivity index (χ0) is 31.1. The highest BCUT2D eigenvalue weighted by molar-refractivity contribution is 7.22. The van der Waals surface area contributed by atoms with Crippen LogP contribution in [0.4, 0.5) is 0 Å². The van der Waals surface area contributed by atoms with Crippen molar-refractivity contribution in [1.29, 1.82) is 0 Å². The van der Waals surface area contributed by atoms with E-state index >= 15 is 0 Å². The van der Waals surface area contributed by atoms with Crippen molar-refractivity contribution in [3.8, 4) is 33.0 Å². The molecule has 0 aliphatic rings. The van der Waals surface area contributed by atoms with Crippen molar-refractivity contribution >= 4 is 50.2 Å². The van der Waals surface area contributed by atoms with Gasteiger partial charge in [-0.15, -0.1) is 11.3 Å². The van der Waals surface area contributed by atoms with Crippen LogP contribution in [0.1, 0.15) is 37.6 Å². The fourth-order valence-corrected chi connectivity index (χ4v) is 6.13. The molecule has 2 N–H and O–H groups in total. The minimum atomic E-state index is -0.870. The van der Waals surface area contributed by atoms with Gasteiger partial charge < -0.3 is 14.8 Å². The second-order valence-electron chi connectivity index (χ2n) is 11.6. The molecule has 220 valence electrons. The van der Waals surface area contributed by atoms with E-state index in [2.05, 4.69) is 33.6 Å². The third-order valence-electron chi connectivity index (χ3n) is 6.88. The lowest BCUT2D eigenvalue weighted by Gasteiger charge is -2.13. The van der Waals surface area contributed by atoms with Gasteiger partial charge in [-0.3, -0.25) is 9.78 Å². The van der Waals surface area contributed by atoms with Gasteiger partial charge in [-0.25, -0.2) is 9.97 Å². The van der Waals surface area contributed by atoms with Gasteiger partial charge in [-0.05, 0) is 93.8 Å². The quantitative estimate of drug-likeness (QED) is 0.203. The molecule has 4 aromatic heterocycles.